The van der Waals surface area contributed by atoms with Crippen molar-refractivity contribution in [3.63, 3.8) is 0 Å². The van der Waals surface area contributed by atoms with Crippen LogP contribution in [0, 0.1) is 15.7 Å². The summed E-state index contributed by atoms with van der Waals surface area (Å²) in [6.07, 6.45) is 4.14. The number of allylic oxidation sites excluding steroid dienone is 3. The van der Waals surface area contributed by atoms with Gasteiger partial charge in [0.15, 0.2) is 0 Å². The molecule has 0 unspecified atom stereocenters. The molecule has 1 aliphatic carbocycles. The molecule has 3 nitrogen and oxygen atoms in total. The van der Waals surface area contributed by atoms with Gasteiger partial charge >= 0.3 is 0 Å². The second-order valence-corrected chi connectivity index (χ2v) is 7.42. The minimum atomic E-state index is -0.0817. The van der Waals surface area contributed by atoms with E-state index in [4.69, 9.17) is 0 Å². The standard InChI is InChI=1S/C16H26N2O/c1-15(2,3)12-9-13(16(4,5)6)14(17-19)11(12)10-18(7)8/h9-10H,1-8H3. The van der Waals surface area contributed by atoms with E-state index < -0.39 is 0 Å². The van der Waals surface area contributed by atoms with Crippen molar-refractivity contribution in [3.8, 4) is 0 Å². The summed E-state index contributed by atoms with van der Waals surface area (Å²) in [4.78, 5) is 13.3. The summed E-state index contributed by atoms with van der Waals surface area (Å²) in [5.74, 6) is 0. The Labute approximate surface area is 117 Å². The lowest BCUT2D eigenvalue weighted by Gasteiger charge is -2.23. The van der Waals surface area contributed by atoms with E-state index in [2.05, 4.69) is 52.8 Å². The maximum atomic E-state index is 11.3. The molecular formula is C16H26N2O. The van der Waals surface area contributed by atoms with Crippen LogP contribution in [0.2, 0.25) is 0 Å². The molecule has 0 aromatic rings. The van der Waals surface area contributed by atoms with Gasteiger partial charge in [-0.15, -0.1) is 4.91 Å². The van der Waals surface area contributed by atoms with E-state index in [0.717, 1.165) is 11.1 Å². The summed E-state index contributed by atoms with van der Waals surface area (Å²) in [7, 11) is 3.93. The van der Waals surface area contributed by atoms with Crippen LogP contribution in [0.3, 0.4) is 0 Å². The summed E-state index contributed by atoms with van der Waals surface area (Å²) in [5.41, 5.74) is 3.66. The van der Waals surface area contributed by atoms with Crippen LogP contribution in [0.4, 0.5) is 0 Å². The van der Waals surface area contributed by atoms with Gasteiger partial charge in [0.2, 0.25) is 0 Å². The average Bonchev–Trinajstić information content (AvgIpc) is 2.54. The predicted molar refractivity (Wildman–Crippen MR) is 81.6 cm³/mol. The van der Waals surface area contributed by atoms with Crippen LogP contribution in [0.1, 0.15) is 41.5 Å². The van der Waals surface area contributed by atoms with Crippen LogP contribution in [0.25, 0.3) is 0 Å². The number of hydrogen-bond donors (Lipinski definition) is 0. The molecule has 0 amide bonds. The van der Waals surface area contributed by atoms with E-state index in [1.165, 1.54) is 5.57 Å². The van der Waals surface area contributed by atoms with Crippen molar-refractivity contribution in [3.05, 3.63) is 39.6 Å². The molecule has 0 heterocycles. The second-order valence-electron chi connectivity index (χ2n) is 7.42. The highest BCUT2D eigenvalue weighted by atomic mass is 16.3. The first-order valence-electron chi connectivity index (χ1n) is 6.67. The molecule has 19 heavy (non-hydrogen) atoms. The lowest BCUT2D eigenvalue weighted by molar-refractivity contribution is 0.501. The smallest absolute Gasteiger partial charge is 0.120 e. The number of hydrogen-bond acceptors (Lipinski definition) is 3. The predicted octanol–water partition coefficient (Wildman–Crippen LogP) is 4.48. The zero-order chi connectivity index (χ0) is 15.0. The third kappa shape index (κ3) is 3.34. The molecule has 0 atom stereocenters. The van der Waals surface area contributed by atoms with E-state index in [1.807, 2.05) is 25.2 Å². The van der Waals surface area contributed by atoms with Gasteiger partial charge in [0.1, 0.15) is 5.70 Å². The van der Waals surface area contributed by atoms with Crippen molar-refractivity contribution in [1.82, 2.24) is 4.90 Å². The van der Waals surface area contributed by atoms with Gasteiger partial charge in [-0.2, -0.15) is 0 Å². The third-order valence-corrected chi connectivity index (χ3v) is 3.18. The first kappa shape index (κ1) is 15.7. The second kappa shape index (κ2) is 4.95. The van der Waals surface area contributed by atoms with Gasteiger partial charge in [-0.3, -0.25) is 0 Å². The van der Waals surface area contributed by atoms with Crippen LogP contribution in [-0.4, -0.2) is 19.0 Å². The molecule has 1 rings (SSSR count). The maximum Gasteiger partial charge on any atom is 0.120 e. The first-order chi connectivity index (χ1) is 8.48. The minimum Gasteiger partial charge on any atom is -0.383 e. The summed E-state index contributed by atoms with van der Waals surface area (Å²) in [5, 5.41) is 3.32. The highest BCUT2D eigenvalue weighted by Gasteiger charge is 2.34. The van der Waals surface area contributed by atoms with Gasteiger partial charge < -0.3 is 4.90 Å². The molecule has 3 heteroatoms. The van der Waals surface area contributed by atoms with Crippen LogP contribution in [0.15, 0.2) is 39.9 Å². The fraction of sp³-hybridized carbons (Fsp3) is 0.625. The number of rotatable bonds is 2. The Hall–Kier alpha value is -1.38. The summed E-state index contributed by atoms with van der Waals surface area (Å²) >= 11 is 0. The Morgan fingerprint density at radius 2 is 1.58 bits per heavy atom. The number of nitroso groups, excluding NO2 is 1. The molecule has 1 aliphatic rings. The average molecular weight is 262 g/mol. The molecule has 0 aliphatic heterocycles. The van der Waals surface area contributed by atoms with E-state index in [1.54, 1.807) is 0 Å². The van der Waals surface area contributed by atoms with Crippen molar-refractivity contribution in [2.24, 2.45) is 16.0 Å². The molecule has 0 bridgehead atoms. The van der Waals surface area contributed by atoms with Gasteiger partial charge in [0, 0.05) is 25.9 Å². The Morgan fingerprint density at radius 3 is 1.89 bits per heavy atom. The van der Waals surface area contributed by atoms with Gasteiger partial charge in [0.25, 0.3) is 0 Å². The quantitative estimate of drug-likeness (QED) is 0.687. The van der Waals surface area contributed by atoms with Crippen molar-refractivity contribution < 1.29 is 0 Å². The molecule has 0 spiro atoms. The normalized spacial score (nSPS) is 18.9. The summed E-state index contributed by atoms with van der Waals surface area (Å²) in [6, 6.07) is 0. The van der Waals surface area contributed by atoms with E-state index in [0.29, 0.717) is 5.70 Å². The Kier molecular flexibility index (Phi) is 4.08. The van der Waals surface area contributed by atoms with Crippen molar-refractivity contribution in [2.45, 2.75) is 41.5 Å². The lowest BCUT2D eigenvalue weighted by Crippen LogP contribution is -2.13. The number of nitrogens with zero attached hydrogens (tertiary/aromatic N) is 2. The Balaban J connectivity index is 3.51. The fourth-order valence-electron chi connectivity index (χ4n) is 2.24. The van der Waals surface area contributed by atoms with Gasteiger partial charge in [0.05, 0.1) is 0 Å². The maximum absolute atomic E-state index is 11.3. The highest BCUT2D eigenvalue weighted by molar-refractivity contribution is 5.61. The molecule has 0 aromatic heterocycles. The van der Waals surface area contributed by atoms with Crippen molar-refractivity contribution in [2.75, 3.05) is 14.1 Å². The fourth-order valence-corrected chi connectivity index (χ4v) is 2.24. The Morgan fingerprint density at radius 1 is 1.05 bits per heavy atom. The molecule has 0 radical (unpaired) electrons. The topological polar surface area (TPSA) is 32.7 Å². The van der Waals surface area contributed by atoms with Crippen LogP contribution in [-0.2, 0) is 0 Å². The highest BCUT2D eigenvalue weighted by Crippen LogP contribution is 2.46. The van der Waals surface area contributed by atoms with Gasteiger partial charge in [-0.1, -0.05) is 47.6 Å². The minimum absolute atomic E-state index is 0.00914. The van der Waals surface area contributed by atoms with Gasteiger partial charge in [-0.05, 0) is 27.2 Å². The van der Waals surface area contributed by atoms with E-state index in [9.17, 15) is 4.91 Å². The van der Waals surface area contributed by atoms with Crippen LogP contribution in [0.5, 0.6) is 0 Å². The lowest BCUT2D eigenvalue weighted by atomic mass is 9.82. The molecule has 0 aromatic carbocycles. The molecule has 0 fully saturated rings. The molecular weight excluding hydrogens is 236 g/mol. The largest absolute Gasteiger partial charge is 0.383 e. The zero-order valence-electron chi connectivity index (χ0n) is 13.5. The monoisotopic (exact) mass is 262 g/mol. The van der Waals surface area contributed by atoms with E-state index in [-0.39, 0.29) is 10.8 Å². The van der Waals surface area contributed by atoms with Crippen LogP contribution >= 0.6 is 0 Å². The van der Waals surface area contributed by atoms with Crippen molar-refractivity contribution >= 4 is 0 Å². The third-order valence-electron chi connectivity index (χ3n) is 3.18. The van der Waals surface area contributed by atoms with Gasteiger partial charge in [-0.25, -0.2) is 0 Å². The van der Waals surface area contributed by atoms with Crippen LogP contribution < -0.4 is 0 Å². The Bertz CT molecular complexity index is 466. The zero-order valence-corrected chi connectivity index (χ0v) is 13.5. The SMILES string of the molecule is CN(C)C=C1C(C(C)(C)C)=CC(C(C)(C)C)=C1N=O. The van der Waals surface area contributed by atoms with Crippen molar-refractivity contribution in [1.29, 1.82) is 0 Å². The molecule has 0 saturated carbocycles. The van der Waals surface area contributed by atoms with E-state index >= 15 is 0 Å². The molecule has 0 saturated heterocycles. The molecule has 0 N–H and O–H groups in total. The first-order valence-corrected chi connectivity index (χ1v) is 6.67. The summed E-state index contributed by atoms with van der Waals surface area (Å²) < 4.78 is 0. The summed E-state index contributed by atoms with van der Waals surface area (Å²) in [6.45, 7) is 12.8. The molecule has 106 valence electrons.